The molecule has 4 rings (SSSR count). The van der Waals surface area contributed by atoms with Gasteiger partial charge in [0, 0.05) is 38.2 Å². The fourth-order valence-corrected chi connectivity index (χ4v) is 4.40. The summed E-state index contributed by atoms with van der Waals surface area (Å²) in [5.41, 5.74) is 0.936. The summed E-state index contributed by atoms with van der Waals surface area (Å²) in [6.07, 6.45) is 7.10. The molecule has 1 saturated heterocycles. The zero-order valence-electron chi connectivity index (χ0n) is 16.7. The molecule has 1 amide bonds. The number of benzene rings is 1. The second kappa shape index (κ2) is 8.86. The monoisotopic (exact) mass is 382 g/mol. The topological polar surface area (TPSA) is 62.5 Å². The van der Waals surface area contributed by atoms with Gasteiger partial charge in [0.25, 0.3) is 0 Å². The van der Waals surface area contributed by atoms with Gasteiger partial charge >= 0.3 is 0 Å². The zero-order valence-corrected chi connectivity index (χ0v) is 16.7. The lowest BCUT2D eigenvalue weighted by atomic mass is 10.0. The van der Waals surface area contributed by atoms with E-state index in [9.17, 15) is 4.79 Å². The van der Waals surface area contributed by atoms with Crippen molar-refractivity contribution < 1.29 is 9.21 Å². The fourth-order valence-electron chi connectivity index (χ4n) is 4.40. The molecule has 1 unspecified atom stereocenters. The van der Waals surface area contributed by atoms with E-state index in [1.54, 1.807) is 0 Å². The van der Waals surface area contributed by atoms with Crippen molar-refractivity contribution in [2.45, 2.75) is 51.5 Å². The maximum atomic E-state index is 12.5. The summed E-state index contributed by atoms with van der Waals surface area (Å²) in [4.78, 5) is 16.9. The lowest BCUT2D eigenvalue weighted by Crippen LogP contribution is -2.49. The molecule has 28 heavy (non-hydrogen) atoms. The standard InChI is InChI=1S/C22H30N4O2/c1-17(21-23-24-22(28-21)19-9-3-2-4-10-19)25-13-15-26(16-14-25)20(27)12-11-18-7-5-6-8-18/h2-4,9-10,17-18H,5-8,11-16H2,1H3. The van der Waals surface area contributed by atoms with E-state index in [-0.39, 0.29) is 6.04 Å². The van der Waals surface area contributed by atoms with Crippen LogP contribution in [0.25, 0.3) is 11.5 Å². The van der Waals surface area contributed by atoms with Gasteiger partial charge in [-0.2, -0.15) is 0 Å². The molecule has 6 heteroatoms. The molecule has 2 aromatic rings. The number of rotatable bonds is 6. The Morgan fingerprint density at radius 2 is 1.82 bits per heavy atom. The average Bonchev–Trinajstić information content (AvgIpc) is 3.44. The molecule has 0 bridgehead atoms. The molecule has 2 fully saturated rings. The van der Waals surface area contributed by atoms with E-state index in [1.807, 2.05) is 35.2 Å². The third-order valence-corrected chi connectivity index (χ3v) is 6.27. The Hall–Kier alpha value is -2.21. The molecular weight excluding hydrogens is 352 g/mol. The van der Waals surface area contributed by atoms with Crippen molar-refractivity contribution in [3.63, 3.8) is 0 Å². The first-order chi connectivity index (χ1) is 13.7. The Morgan fingerprint density at radius 1 is 1.11 bits per heavy atom. The highest BCUT2D eigenvalue weighted by Crippen LogP contribution is 2.29. The van der Waals surface area contributed by atoms with Crippen LogP contribution in [0.4, 0.5) is 0 Å². The average molecular weight is 383 g/mol. The molecule has 1 aliphatic carbocycles. The van der Waals surface area contributed by atoms with Crippen LogP contribution in [0.1, 0.15) is 57.4 Å². The van der Waals surface area contributed by atoms with Crippen LogP contribution >= 0.6 is 0 Å². The number of amides is 1. The Kier molecular flexibility index (Phi) is 6.05. The van der Waals surface area contributed by atoms with Crippen molar-refractivity contribution in [3.8, 4) is 11.5 Å². The van der Waals surface area contributed by atoms with E-state index >= 15 is 0 Å². The molecule has 6 nitrogen and oxygen atoms in total. The van der Waals surface area contributed by atoms with Crippen LogP contribution in [-0.4, -0.2) is 52.1 Å². The van der Waals surface area contributed by atoms with Crippen molar-refractivity contribution in [1.29, 1.82) is 0 Å². The first-order valence-corrected chi connectivity index (χ1v) is 10.6. The highest BCUT2D eigenvalue weighted by molar-refractivity contribution is 5.76. The normalized spacial score (nSPS) is 19.8. The lowest BCUT2D eigenvalue weighted by molar-refractivity contribution is -0.133. The van der Waals surface area contributed by atoms with Crippen molar-refractivity contribution in [3.05, 3.63) is 36.2 Å². The van der Waals surface area contributed by atoms with Crippen molar-refractivity contribution in [2.24, 2.45) is 5.92 Å². The molecule has 2 aliphatic rings. The maximum absolute atomic E-state index is 12.5. The van der Waals surface area contributed by atoms with Gasteiger partial charge in [-0.25, -0.2) is 0 Å². The summed E-state index contributed by atoms with van der Waals surface area (Å²) in [6, 6.07) is 9.89. The van der Waals surface area contributed by atoms with Gasteiger partial charge in [0.05, 0.1) is 6.04 Å². The Labute approximate surface area is 166 Å². The van der Waals surface area contributed by atoms with Crippen molar-refractivity contribution in [1.82, 2.24) is 20.0 Å². The SMILES string of the molecule is CC(c1nnc(-c2ccccc2)o1)N1CCN(C(=O)CCC2CCCC2)CC1. The van der Waals surface area contributed by atoms with E-state index in [0.29, 0.717) is 24.1 Å². The van der Waals surface area contributed by atoms with Gasteiger partial charge in [0.1, 0.15) is 0 Å². The highest BCUT2D eigenvalue weighted by atomic mass is 16.4. The second-order valence-electron chi connectivity index (χ2n) is 8.09. The number of nitrogens with zero attached hydrogens (tertiary/aromatic N) is 4. The predicted octanol–water partition coefficient (Wildman–Crippen LogP) is 3.91. The van der Waals surface area contributed by atoms with Gasteiger partial charge in [0.2, 0.25) is 17.7 Å². The Bertz CT molecular complexity index is 762. The third-order valence-electron chi connectivity index (χ3n) is 6.27. The summed E-state index contributed by atoms with van der Waals surface area (Å²) in [5, 5.41) is 8.46. The molecule has 2 heterocycles. The number of hydrogen-bond donors (Lipinski definition) is 0. The second-order valence-corrected chi connectivity index (χ2v) is 8.09. The van der Waals surface area contributed by atoms with E-state index in [4.69, 9.17) is 4.42 Å². The molecule has 1 aromatic carbocycles. The van der Waals surface area contributed by atoms with Gasteiger partial charge in [-0.05, 0) is 31.4 Å². The van der Waals surface area contributed by atoms with E-state index < -0.39 is 0 Å². The maximum Gasteiger partial charge on any atom is 0.247 e. The summed E-state index contributed by atoms with van der Waals surface area (Å²) < 4.78 is 5.91. The van der Waals surface area contributed by atoms with Crippen LogP contribution in [0.2, 0.25) is 0 Å². The Morgan fingerprint density at radius 3 is 2.54 bits per heavy atom. The largest absolute Gasteiger partial charge is 0.419 e. The fraction of sp³-hybridized carbons (Fsp3) is 0.591. The number of piperazine rings is 1. The zero-order chi connectivity index (χ0) is 19.3. The molecule has 1 aliphatic heterocycles. The van der Waals surface area contributed by atoms with Gasteiger partial charge in [-0.1, -0.05) is 43.9 Å². The molecule has 1 atom stereocenters. The molecule has 0 spiro atoms. The van der Waals surface area contributed by atoms with E-state index in [0.717, 1.165) is 44.1 Å². The van der Waals surface area contributed by atoms with Crippen molar-refractivity contribution >= 4 is 5.91 Å². The van der Waals surface area contributed by atoms with Gasteiger partial charge in [-0.3, -0.25) is 9.69 Å². The van der Waals surface area contributed by atoms with Gasteiger partial charge in [-0.15, -0.1) is 10.2 Å². The first kappa shape index (κ1) is 19.1. The highest BCUT2D eigenvalue weighted by Gasteiger charge is 2.28. The first-order valence-electron chi connectivity index (χ1n) is 10.6. The minimum absolute atomic E-state index is 0.0562. The van der Waals surface area contributed by atoms with Crippen molar-refractivity contribution in [2.75, 3.05) is 26.2 Å². The Balaban J connectivity index is 1.27. The number of hydrogen-bond acceptors (Lipinski definition) is 5. The van der Waals surface area contributed by atoms with Crippen LogP contribution in [0.5, 0.6) is 0 Å². The van der Waals surface area contributed by atoms with Gasteiger partial charge in [0.15, 0.2) is 0 Å². The molecule has 1 aromatic heterocycles. The van der Waals surface area contributed by atoms with Gasteiger partial charge < -0.3 is 9.32 Å². The third kappa shape index (κ3) is 4.43. The minimum Gasteiger partial charge on any atom is -0.419 e. The van der Waals surface area contributed by atoms with Crippen LogP contribution in [-0.2, 0) is 4.79 Å². The summed E-state index contributed by atoms with van der Waals surface area (Å²) in [6.45, 7) is 5.36. The van der Waals surface area contributed by atoms with E-state index in [1.165, 1.54) is 25.7 Å². The summed E-state index contributed by atoms with van der Waals surface area (Å²) in [5.74, 6) is 2.30. The predicted molar refractivity (Wildman–Crippen MR) is 107 cm³/mol. The lowest BCUT2D eigenvalue weighted by Gasteiger charge is -2.37. The van der Waals surface area contributed by atoms with Crippen LogP contribution in [0.15, 0.2) is 34.7 Å². The summed E-state index contributed by atoms with van der Waals surface area (Å²) >= 11 is 0. The molecule has 0 N–H and O–H groups in total. The van der Waals surface area contributed by atoms with Crippen LogP contribution in [0, 0.1) is 5.92 Å². The molecule has 1 saturated carbocycles. The van der Waals surface area contributed by atoms with E-state index in [2.05, 4.69) is 22.0 Å². The number of carbonyl (C=O) groups is 1. The molecular formula is C22H30N4O2. The number of carbonyl (C=O) groups excluding carboxylic acids is 1. The quantitative estimate of drug-likeness (QED) is 0.758. The minimum atomic E-state index is 0.0562. The molecule has 0 radical (unpaired) electrons. The summed E-state index contributed by atoms with van der Waals surface area (Å²) in [7, 11) is 0. The van der Waals surface area contributed by atoms with Crippen LogP contribution < -0.4 is 0 Å². The smallest absolute Gasteiger partial charge is 0.247 e. The van der Waals surface area contributed by atoms with Crippen LogP contribution in [0.3, 0.4) is 0 Å². The molecule has 150 valence electrons. The number of aromatic nitrogens is 2.